The van der Waals surface area contributed by atoms with Gasteiger partial charge in [0.1, 0.15) is 4.21 Å². The summed E-state index contributed by atoms with van der Waals surface area (Å²) in [6.07, 6.45) is 5.23. The third kappa shape index (κ3) is 3.17. The fraction of sp³-hybridized carbons (Fsp3) is 0.538. The lowest BCUT2D eigenvalue weighted by molar-refractivity contribution is -0.126. The summed E-state index contributed by atoms with van der Waals surface area (Å²) in [5.41, 5.74) is 0. The van der Waals surface area contributed by atoms with Gasteiger partial charge in [0, 0.05) is 6.04 Å². The molecule has 0 radical (unpaired) electrons. The molecule has 21 heavy (non-hydrogen) atoms. The van der Waals surface area contributed by atoms with Crippen molar-refractivity contribution in [1.29, 1.82) is 0 Å². The van der Waals surface area contributed by atoms with Crippen LogP contribution in [0.4, 0.5) is 0 Å². The van der Waals surface area contributed by atoms with Crippen LogP contribution in [0.2, 0.25) is 0 Å². The Balaban J connectivity index is 1.89. The zero-order valence-corrected chi connectivity index (χ0v) is 13.8. The minimum absolute atomic E-state index is 0.0213. The maximum atomic E-state index is 12.3. The average Bonchev–Trinajstić information content (AvgIpc) is 3.10. The minimum atomic E-state index is -3.70. The number of thiophene rings is 1. The molecule has 1 amide bonds. The van der Waals surface area contributed by atoms with Crippen LogP contribution in [0.3, 0.4) is 0 Å². The van der Waals surface area contributed by atoms with Crippen molar-refractivity contribution in [3.05, 3.63) is 17.5 Å². The van der Waals surface area contributed by atoms with Gasteiger partial charge in [0.25, 0.3) is 10.0 Å². The SMILES string of the molecule is O=C1CS/C(=N/S(=O)(=O)c2cccs2)N1C1CCCCC1. The largest absolute Gasteiger partial charge is 0.294 e. The molecule has 1 aliphatic carbocycles. The average molecular weight is 344 g/mol. The van der Waals surface area contributed by atoms with E-state index in [4.69, 9.17) is 0 Å². The van der Waals surface area contributed by atoms with E-state index in [1.54, 1.807) is 16.3 Å². The Kier molecular flexibility index (Phi) is 4.37. The Morgan fingerprint density at radius 2 is 2.00 bits per heavy atom. The molecule has 5 nitrogen and oxygen atoms in total. The molecule has 2 fully saturated rings. The summed E-state index contributed by atoms with van der Waals surface area (Å²) >= 11 is 2.37. The van der Waals surface area contributed by atoms with Crippen LogP contribution < -0.4 is 0 Å². The number of hydrogen-bond acceptors (Lipinski definition) is 5. The number of carbonyl (C=O) groups is 1. The quantitative estimate of drug-likeness (QED) is 0.845. The maximum Gasteiger partial charge on any atom is 0.294 e. The third-order valence-corrected chi connectivity index (χ3v) is 7.38. The number of rotatable bonds is 3. The van der Waals surface area contributed by atoms with Crippen LogP contribution in [0.25, 0.3) is 0 Å². The molecule has 0 N–H and O–H groups in total. The molecule has 0 unspecified atom stereocenters. The van der Waals surface area contributed by atoms with Gasteiger partial charge in [-0.05, 0) is 24.3 Å². The molecule has 0 bridgehead atoms. The highest BCUT2D eigenvalue weighted by molar-refractivity contribution is 8.15. The first-order valence-corrected chi connectivity index (χ1v) is 10.2. The molecule has 0 spiro atoms. The zero-order valence-electron chi connectivity index (χ0n) is 11.4. The van der Waals surface area contributed by atoms with E-state index in [0.29, 0.717) is 5.17 Å². The van der Waals surface area contributed by atoms with Gasteiger partial charge in [-0.1, -0.05) is 37.1 Å². The van der Waals surface area contributed by atoms with Gasteiger partial charge in [0.05, 0.1) is 5.75 Å². The van der Waals surface area contributed by atoms with Crippen molar-refractivity contribution in [3.8, 4) is 0 Å². The van der Waals surface area contributed by atoms with Gasteiger partial charge in [-0.25, -0.2) is 0 Å². The van der Waals surface area contributed by atoms with Crippen molar-refractivity contribution in [2.24, 2.45) is 4.40 Å². The van der Waals surface area contributed by atoms with Gasteiger partial charge in [0.15, 0.2) is 5.17 Å². The van der Waals surface area contributed by atoms with Crippen LogP contribution in [0.1, 0.15) is 32.1 Å². The molecule has 8 heteroatoms. The Hall–Kier alpha value is -0.860. The summed E-state index contributed by atoms with van der Waals surface area (Å²) < 4.78 is 28.7. The summed E-state index contributed by atoms with van der Waals surface area (Å²) in [5, 5.41) is 2.05. The van der Waals surface area contributed by atoms with Crippen molar-refractivity contribution in [1.82, 2.24) is 4.90 Å². The zero-order chi connectivity index (χ0) is 14.9. The van der Waals surface area contributed by atoms with Crippen molar-refractivity contribution in [2.75, 3.05) is 5.75 Å². The molecular weight excluding hydrogens is 328 g/mol. The molecule has 0 atom stereocenters. The number of carbonyl (C=O) groups excluding carboxylic acids is 1. The van der Waals surface area contributed by atoms with Gasteiger partial charge in [-0.15, -0.1) is 15.7 Å². The number of amidine groups is 1. The molecule has 3 rings (SSSR count). The molecule has 0 aromatic carbocycles. The monoisotopic (exact) mass is 344 g/mol. The van der Waals surface area contributed by atoms with E-state index in [9.17, 15) is 13.2 Å². The summed E-state index contributed by atoms with van der Waals surface area (Å²) in [6.45, 7) is 0. The number of amides is 1. The molecule has 1 saturated carbocycles. The molecule has 2 aliphatic rings. The number of thioether (sulfide) groups is 1. The van der Waals surface area contributed by atoms with Crippen molar-refractivity contribution < 1.29 is 13.2 Å². The van der Waals surface area contributed by atoms with E-state index >= 15 is 0 Å². The van der Waals surface area contributed by atoms with Crippen LogP contribution in [-0.2, 0) is 14.8 Å². The smallest absolute Gasteiger partial charge is 0.287 e. The van der Waals surface area contributed by atoms with E-state index in [1.807, 2.05) is 0 Å². The van der Waals surface area contributed by atoms with E-state index < -0.39 is 10.0 Å². The Labute approximate surface area is 132 Å². The van der Waals surface area contributed by atoms with Gasteiger partial charge in [-0.3, -0.25) is 9.69 Å². The van der Waals surface area contributed by atoms with E-state index in [-0.39, 0.29) is 21.9 Å². The Bertz CT molecular complexity index is 646. The molecular formula is C13H16N2O3S3. The van der Waals surface area contributed by atoms with Crippen LogP contribution in [0, 0.1) is 0 Å². The fourth-order valence-corrected chi connectivity index (χ4v) is 5.83. The summed E-state index contributed by atoms with van der Waals surface area (Å²) in [5.74, 6) is 0.266. The third-order valence-electron chi connectivity index (χ3n) is 3.69. The lowest BCUT2D eigenvalue weighted by Crippen LogP contribution is -2.41. The molecule has 1 saturated heterocycles. The van der Waals surface area contributed by atoms with Crippen LogP contribution in [0.15, 0.2) is 26.1 Å². The van der Waals surface area contributed by atoms with Gasteiger partial charge in [-0.2, -0.15) is 8.42 Å². The second-order valence-corrected chi connectivity index (χ2v) is 8.85. The topological polar surface area (TPSA) is 66.8 Å². The maximum absolute atomic E-state index is 12.3. The molecule has 1 aliphatic heterocycles. The van der Waals surface area contributed by atoms with E-state index in [0.717, 1.165) is 37.0 Å². The van der Waals surface area contributed by atoms with Crippen molar-refractivity contribution >= 4 is 44.2 Å². The van der Waals surface area contributed by atoms with Crippen molar-refractivity contribution in [2.45, 2.75) is 42.4 Å². The first-order chi connectivity index (χ1) is 10.1. The minimum Gasteiger partial charge on any atom is -0.287 e. The number of nitrogens with zero attached hydrogens (tertiary/aromatic N) is 2. The first-order valence-electron chi connectivity index (χ1n) is 6.91. The fourth-order valence-electron chi connectivity index (χ4n) is 2.70. The van der Waals surface area contributed by atoms with Crippen LogP contribution in [0.5, 0.6) is 0 Å². The van der Waals surface area contributed by atoms with Gasteiger partial charge in [0.2, 0.25) is 5.91 Å². The molecule has 1 aromatic heterocycles. The number of sulfonamides is 1. The second-order valence-electron chi connectivity index (χ2n) is 5.13. The van der Waals surface area contributed by atoms with Crippen LogP contribution >= 0.6 is 23.1 Å². The highest BCUT2D eigenvalue weighted by atomic mass is 32.2. The normalized spacial score (nSPS) is 23.1. The Morgan fingerprint density at radius 3 is 2.67 bits per heavy atom. The molecule has 1 aromatic rings. The Morgan fingerprint density at radius 1 is 1.24 bits per heavy atom. The summed E-state index contributed by atoms with van der Waals surface area (Å²) in [7, 11) is -3.70. The van der Waals surface area contributed by atoms with Gasteiger partial charge < -0.3 is 0 Å². The first kappa shape index (κ1) is 15.1. The van der Waals surface area contributed by atoms with E-state index in [1.165, 1.54) is 24.2 Å². The summed E-state index contributed by atoms with van der Waals surface area (Å²) in [6, 6.07) is 3.33. The lowest BCUT2D eigenvalue weighted by Gasteiger charge is -2.30. The van der Waals surface area contributed by atoms with Crippen LogP contribution in [-0.4, -0.2) is 36.2 Å². The molecule has 2 heterocycles. The second kappa shape index (κ2) is 6.10. The summed E-state index contributed by atoms with van der Waals surface area (Å²) in [4.78, 5) is 13.7. The van der Waals surface area contributed by atoms with Crippen molar-refractivity contribution in [3.63, 3.8) is 0 Å². The number of hydrogen-bond donors (Lipinski definition) is 0. The molecule has 114 valence electrons. The highest BCUT2D eigenvalue weighted by Gasteiger charge is 2.36. The highest BCUT2D eigenvalue weighted by Crippen LogP contribution is 2.31. The van der Waals surface area contributed by atoms with Gasteiger partial charge >= 0.3 is 0 Å². The lowest BCUT2D eigenvalue weighted by atomic mass is 9.94. The standard InChI is InChI=1S/C13H16N2O3S3/c16-11-9-20-13(15(11)10-5-2-1-3-6-10)14-21(17,18)12-7-4-8-19-12/h4,7-8,10H,1-3,5-6,9H2/b14-13+. The predicted octanol–water partition coefficient (Wildman–Crippen LogP) is 2.70. The predicted molar refractivity (Wildman–Crippen MR) is 85.1 cm³/mol. The van der Waals surface area contributed by atoms with E-state index in [2.05, 4.69) is 4.40 Å².